The highest BCUT2D eigenvalue weighted by Gasteiger charge is 2.09. The van der Waals surface area contributed by atoms with Crippen molar-refractivity contribution in [1.82, 2.24) is 0 Å². The molecule has 0 saturated heterocycles. The van der Waals surface area contributed by atoms with Gasteiger partial charge in [-0.05, 0) is 28.0 Å². The van der Waals surface area contributed by atoms with E-state index in [1.165, 1.54) is 10.8 Å². The van der Waals surface area contributed by atoms with Crippen molar-refractivity contribution in [3.8, 4) is 0 Å². The molecule has 0 saturated carbocycles. The SMILES string of the molecule is O=C(Cc1ccccc1Br)Cc1cccc2ccccc12. The number of Topliss-reactive ketones (excluding diaryl/α,β-unsaturated/α-hetero) is 1. The number of hydrogen-bond acceptors (Lipinski definition) is 1. The molecule has 2 heteroatoms. The van der Waals surface area contributed by atoms with Gasteiger partial charge in [0.25, 0.3) is 0 Å². The highest BCUT2D eigenvalue weighted by Crippen LogP contribution is 2.21. The standard InChI is InChI=1S/C19H15BrO/c20-19-11-4-2-7-16(19)13-17(21)12-15-9-5-8-14-6-1-3-10-18(14)15/h1-11H,12-13H2. The fourth-order valence-electron chi connectivity index (χ4n) is 2.58. The van der Waals surface area contributed by atoms with Crippen molar-refractivity contribution in [1.29, 1.82) is 0 Å². The Balaban J connectivity index is 1.82. The summed E-state index contributed by atoms with van der Waals surface area (Å²) in [6.45, 7) is 0. The summed E-state index contributed by atoms with van der Waals surface area (Å²) >= 11 is 3.50. The van der Waals surface area contributed by atoms with Crippen molar-refractivity contribution < 1.29 is 4.79 Å². The lowest BCUT2D eigenvalue weighted by Crippen LogP contribution is -2.07. The van der Waals surface area contributed by atoms with Crippen LogP contribution in [-0.4, -0.2) is 5.78 Å². The Morgan fingerprint density at radius 3 is 2.24 bits per heavy atom. The molecule has 3 rings (SSSR count). The minimum absolute atomic E-state index is 0.234. The van der Waals surface area contributed by atoms with Gasteiger partial charge in [0.05, 0.1) is 0 Å². The van der Waals surface area contributed by atoms with Crippen molar-refractivity contribution in [2.24, 2.45) is 0 Å². The zero-order valence-corrected chi connectivity index (χ0v) is 13.1. The molecule has 3 aromatic carbocycles. The Kier molecular flexibility index (Phi) is 4.16. The number of hydrogen-bond donors (Lipinski definition) is 0. The summed E-state index contributed by atoms with van der Waals surface area (Å²) in [7, 11) is 0. The Hall–Kier alpha value is -1.93. The summed E-state index contributed by atoms with van der Waals surface area (Å²) in [6.07, 6.45) is 0.938. The number of benzene rings is 3. The van der Waals surface area contributed by atoms with Crippen LogP contribution in [0.2, 0.25) is 0 Å². The molecule has 0 fully saturated rings. The molecule has 0 amide bonds. The maximum Gasteiger partial charge on any atom is 0.141 e. The average Bonchev–Trinajstić information content (AvgIpc) is 2.50. The van der Waals surface area contributed by atoms with Crippen molar-refractivity contribution in [3.63, 3.8) is 0 Å². The smallest absolute Gasteiger partial charge is 0.141 e. The average molecular weight is 339 g/mol. The molecule has 21 heavy (non-hydrogen) atoms. The van der Waals surface area contributed by atoms with Crippen LogP contribution in [0.3, 0.4) is 0 Å². The number of ketones is 1. The first-order valence-corrected chi connectivity index (χ1v) is 7.75. The molecule has 0 spiro atoms. The molecule has 0 aliphatic heterocycles. The van der Waals surface area contributed by atoms with E-state index >= 15 is 0 Å². The van der Waals surface area contributed by atoms with Crippen LogP contribution >= 0.6 is 15.9 Å². The summed E-state index contributed by atoms with van der Waals surface area (Å²) in [4.78, 5) is 12.4. The third-order valence-corrected chi connectivity index (χ3v) is 4.39. The Morgan fingerprint density at radius 2 is 1.38 bits per heavy atom. The van der Waals surface area contributed by atoms with E-state index in [0.29, 0.717) is 12.8 Å². The lowest BCUT2D eigenvalue weighted by Gasteiger charge is -2.07. The van der Waals surface area contributed by atoms with Crippen LogP contribution in [0.25, 0.3) is 10.8 Å². The van der Waals surface area contributed by atoms with Gasteiger partial charge in [-0.1, -0.05) is 76.6 Å². The van der Waals surface area contributed by atoms with E-state index in [1.54, 1.807) is 0 Å². The molecule has 0 unspecified atom stereocenters. The highest BCUT2D eigenvalue weighted by atomic mass is 79.9. The third kappa shape index (κ3) is 3.22. The molecule has 104 valence electrons. The van der Waals surface area contributed by atoms with Gasteiger partial charge in [-0.2, -0.15) is 0 Å². The van der Waals surface area contributed by atoms with E-state index in [0.717, 1.165) is 15.6 Å². The third-order valence-electron chi connectivity index (χ3n) is 3.61. The fourth-order valence-corrected chi connectivity index (χ4v) is 3.00. The maximum atomic E-state index is 12.4. The molecular weight excluding hydrogens is 324 g/mol. The van der Waals surface area contributed by atoms with Gasteiger partial charge >= 0.3 is 0 Å². The van der Waals surface area contributed by atoms with Gasteiger partial charge in [-0.25, -0.2) is 0 Å². The van der Waals surface area contributed by atoms with Crippen molar-refractivity contribution in [2.45, 2.75) is 12.8 Å². The van der Waals surface area contributed by atoms with Gasteiger partial charge < -0.3 is 0 Å². The summed E-state index contributed by atoms with van der Waals surface area (Å²) in [5.41, 5.74) is 2.15. The Morgan fingerprint density at radius 1 is 0.762 bits per heavy atom. The Bertz CT molecular complexity index is 787. The van der Waals surface area contributed by atoms with E-state index in [9.17, 15) is 4.79 Å². The lowest BCUT2D eigenvalue weighted by atomic mass is 9.98. The molecule has 1 nitrogen and oxygen atoms in total. The van der Waals surface area contributed by atoms with Crippen LogP contribution in [0.1, 0.15) is 11.1 Å². The van der Waals surface area contributed by atoms with E-state index < -0.39 is 0 Å². The van der Waals surface area contributed by atoms with Crippen LogP contribution in [-0.2, 0) is 17.6 Å². The zero-order chi connectivity index (χ0) is 14.7. The first-order valence-electron chi connectivity index (χ1n) is 6.96. The van der Waals surface area contributed by atoms with Crippen molar-refractivity contribution >= 4 is 32.5 Å². The summed E-state index contributed by atoms with van der Waals surface area (Å²) in [5, 5.41) is 2.35. The minimum atomic E-state index is 0.234. The first-order chi connectivity index (χ1) is 10.2. The molecule has 0 aliphatic rings. The summed E-state index contributed by atoms with van der Waals surface area (Å²) < 4.78 is 0.997. The van der Waals surface area contributed by atoms with Crippen molar-refractivity contribution in [3.05, 3.63) is 82.3 Å². The predicted octanol–water partition coefficient (Wildman–Crippen LogP) is 4.96. The molecule has 0 atom stereocenters. The van der Waals surface area contributed by atoms with Crippen LogP contribution < -0.4 is 0 Å². The van der Waals surface area contributed by atoms with Gasteiger partial charge in [0, 0.05) is 17.3 Å². The Labute approximate surface area is 132 Å². The van der Waals surface area contributed by atoms with Gasteiger partial charge in [0.15, 0.2) is 0 Å². The molecule has 0 bridgehead atoms. The molecule has 0 heterocycles. The largest absolute Gasteiger partial charge is 0.299 e. The number of fused-ring (bicyclic) bond motifs is 1. The van der Waals surface area contributed by atoms with Gasteiger partial charge in [-0.3, -0.25) is 4.79 Å². The summed E-state index contributed by atoms with van der Waals surface area (Å²) in [5.74, 6) is 0.234. The van der Waals surface area contributed by atoms with E-state index in [1.807, 2.05) is 48.5 Å². The highest BCUT2D eigenvalue weighted by molar-refractivity contribution is 9.10. The van der Waals surface area contributed by atoms with Crippen molar-refractivity contribution in [2.75, 3.05) is 0 Å². The lowest BCUT2D eigenvalue weighted by molar-refractivity contribution is -0.117. The maximum absolute atomic E-state index is 12.4. The first kappa shape index (κ1) is 14.0. The van der Waals surface area contributed by atoms with Crippen LogP contribution in [0.5, 0.6) is 0 Å². The molecule has 0 radical (unpaired) electrons. The van der Waals surface area contributed by atoms with E-state index in [2.05, 4.69) is 34.1 Å². The summed E-state index contributed by atoms with van der Waals surface area (Å²) in [6, 6.07) is 22.2. The van der Waals surface area contributed by atoms with Crippen LogP contribution in [0.4, 0.5) is 0 Å². The minimum Gasteiger partial charge on any atom is -0.299 e. The van der Waals surface area contributed by atoms with Crippen LogP contribution in [0.15, 0.2) is 71.2 Å². The van der Waals surface area contributed by atoms with Gasteiger partial charge in [0.2, 0.25) is 0 Å². The molecule has 3 aromatic rings. The number of carbonyl (C=O) groups excluding carboxylic acids is 1. The second-order valence-electron chi connectivity index (χ2n) is 5.12. The molecule has 0 N–H and O–H groups in total. The fraction of sp³-hybridized carbons (Fsp3) is 0.105. The molecule has 0 aliphatic carbocycles. The van der Waals surface area contributed by atoms with Gasteiger partial charge in [0.1, 0.15) is 5.78 Å². The quantitative estimate of drug-likeness (QED) is 0.657. The zero-order valence-electron chi connectivity index (χ0n) is 11.6. The second kappa shape index (κ2) is 6.23. The monoisotopic (exact) mass is 338 g/mol. The van der Waals surface area contributed by atoms with E-state index in [-0.39, 0.29) is 5.78 Å². The molecular formula is C19H15BrO. The predicted molar refractivity (Wildman–Crippen MR) is 90.5 cm³/mol. The normalized spacial score (nSPS) is 10.7. The topological polar surface area (TPSA) is 17.1 Å². The van der Waals surface area contributed by atoms with Crippen LogP contribution in [0, 0.1) is 0 Å². The van der Waals surface area contributed by atoms with Gasteiger partial charge in [-0.15, -0.1) is 0 Å². The number of rotatable bonds is 4. The molecule has 0 aromatic heterocycles. The second-order valence-corrected chi connectivity index (χ2v) is 5.98. The van der Waals surface area contributed by atoms with E-state index in [4.69, 9.17) is 0 Å². The number of halogens is 1. The number of carbonyl (C=O) groups is 1.